The summed E-state index contributed by atoms with van der Waals surface area (Å²) in [7, 11) is 1.83. The summed E-state index contributed by atoms with van der Waals surface area (Å²) < 4.78 is 20.6. The van der Waals surface area contributed by atoms with Gasteiger partial charge in [-0.1, -0.05) is 6.07 Å². The van der Waals surface area contributed by atoms with Gasteiger partial charge in [-0.3, -0.25) is 4.68 Å². The quantitative estimate of drug-likeness (QED) is 0.875. The molecule has 1 aromatic carbocycles. The molecule has 1 heterocycles. The van der Waals surface area contributed by atoms with E-state index in [0.29, 0.717) is 17.9 Å². The van der Waals surface area contributed by atoms with Crippen molar-refractivity contribution < 1.29 is 9.13 Å². The van der Waals surface area contributed by atoms with Crippen molar-refractivity contribution in [2.45, 2.75) is 13.2 Å². The number of hydrogen-bond acceptors (Lipinski definition) is 3. The van der Waals surface area contributed by atoms with Gasteiger partial charge in [0.1, 0.15) is 18.2 Å². The van der Waals surface area contributed by atoms with Gasteiger partial charge in [-0.25, -0.2) is 4.39 Å². The summed E-state index contributed by atoms with van der Waals surface area (Å²) in [6, 6.07) is 4.69. The molecule has 2 N–H and O–H groups in total. The van der Waals surface area contributed by atoms with Crippen molar-refractivity contribution in [2.24, 2.45) is 12.8 Å². The highest BCUT2D eigenvalue weighted by Crippen LogP contribution is 2.21. The number of nitrogens with two attached hydrogens (primary N) is 1. The highest BCUT2D eigenvalue weighted by atomic mass is 19.1. The lowest BCUT2D eigenvalue weighted by Gasteiger charge is -2.09. The summed E-state index contributed by atoms with van der Waals surface area (Å²) in [6.45, 7) is 0.472. The van der Waals surface area contributed by atoms with Crippen LogP contribution in [0.1, 0.15) is 11.1 Å². The third-order valence-electron chi connectivity index (χ3n) is 2.43. The van der Waals surface area contributed by atoms with Crippen molar-refractivity contribution in [1.82, 2.24) is 9.78 Å². The molecule has 0 unspecified atom stereocenters. The standard InChI is InChI=1S/C12H14FN3O/c1-16-7-9(6-15-16)8-17-12-4-2-3-11(13)10(12)5-14/h2-4,6-7H,5,8,14H2,1H3. The molecule has 0 bridgehead atoms. The molecule has 0 fully saturated rings. The fraction of sp³-hybridized carbons (Fsp3) is 0.250. The molecule has 0 saturated carbocycles. The molecule has 5 heteroatoms. The van der Waals surface area contributed by atoms with Crippen LogP contribution in [0, 0.1) is 5.82 Å². The fourth-order valence-corrected chi connectivity index (χ4v) is 1.58. The van der Waals surface area contributed by atoms with Crippen LogP contribution in [0.25, 0.3) is 0 Å². The van der Waals surface area contributed by atoms with Gasteiger partial charge in [0.2, 0.25) is 0 Å². The zero-order valence-corrected chi connectivity index (χ0v) is 9.56. The van der Waals surface area contributed by atoms with Gasteiger partial charge in [0.05, 0.1) is 6.20 Å². The molecular formula is C12H14FN3O. The fourth-order valence-electron chi connectivity index (χ4n) is 1.58. The highest BCUT2D eigenvalue weighted by molar-refractivity contribution is 5.34. The molecule has 2 rings (SSSR count). The Morgan fingerprint density at radius 2 is 2.29 bits per heavy atom. The number of rotatable bonds is 4. The summed E-state index contributed by atoms with van der Waals surface area (Å²) in [5.41, 5.74) is 6.82. The van der Waals surface area contributed by atoms with E-state index in [1.165, 1.54) is 6.07 Å². The minimum Gasteiger partial charge on any atom is -0.488 e. The number of aromatic nitrogens is 2. The van der Waals surface area contributed by atoms with Crippen molar-refractivity contribution in [1.29, 1.82) is 0 Å². The second-order valence-electron chi connectivity index (χ2n) is 3.73. The maximum Gasteiger partial charge on any atom is 0.131 e. The summed E-state index contributed by atoms with van der Waals surface area (Å²) >= 11 is 0. The van der Waals surface area contributed by atoms with Crippen LogP contribution in [0.3, 0.4) is 0 Å². The Morgan fingerprint density at radius 1 is 1.47 bits per heavy atom. The monoisotopic (exact) mass is 235 g/mol. The summed E-state index contributed by atoms with van der Waals surface area (Å²) in [5.74, 6) is 0.146. The van der Waals surface area contributed by atoms with Gasteiger partial charge < -0.3 is 10.5 Å². The van der Waals surface area contributed by atoms with Crippen LogP contribution < -0.4 is 10.5 Å². The van der Waals surface area contributed by atoms with Crippen LogP contribution in [0.4, 0.5) is 4.39 Å². The second-order valence-corrected chi connectivity index (χ2v) is 3.73. The molecule has 0 aliphatic carbocycles. The van der Waals surface area contributed by atoms with E-state index in [9.17, 15) is 4.39 Å². The summed E-state index contributed by atoms with van der Waals surface area (Å²) in [4.78, 5) is 0. The van der Waals surface area contributed by atoms with Crippen molar-refractivity contribution in [3.05, 3.63) is 47.5 Å². The van der Waals surface area contributed by atoms with E-state index in [4.69, 9.17) is 10.5 Å². The largest absolute Gasteiger partial charge is 0.488 e. The Labute approximate surface area is 98.8 Å². The first-order valence-electron chi connectivity index (χ1n) is 5.28. The Bertz CT molecular complexity index is 510. The van der Waals surface area contributed by atoms with Crippen molar-refractivity contribution in [3.8, 4) is 5.75 Å². The van der Waals surface area contributed by atoms with Crippen LogP contribution in [-0.2, 0) is 20.2 Å². The third-order valence-corrected chi connectivity index (χ3v) is 2.43. The molecule has 2 aromatic rings. The molecule has 1 aromatic heterocycles. The first-order chi connectivity index (χ1) is 8.20. The number of halogens is 1. The van der Waals surface area contributed by atoms with E-state index in [1.54, 1.807) is 23.0 Å². The van der Waals surface area contributed by atoms with Crippen molar-refractivity contribution in [2.75, 3.05) is 0 Å². The Kier molecular flexibility index (Phi) is 3.39. The Hall–Kier alpha value is -1.88. The van der Waals surface area contributed by atoms with Gasteiger partial charge in [0.15, 0.2) is 0 Å². The van der Waals surface area contributed by atoms with E-state index >= 15 is 0 Å². The minimum absolute atomic E-state index is 0.120. The highest BCUT2D eigenvalue weighted by Gasteiger charge is 2.08. The van der Waals surface area contributed by atoms with Gasteiger partial charge in [-0.05, 0) is 12.1 Å². The molecule has 4 nitrogen and oxygen atoms in total. The van der Waals surface area contributed by atoms with E-state index in [1.807, 2.05) is 13.2 Å². The van der Waals surface area contributed by atoms with Gasteiger partial charge in [0.25, 0.3) is 0 Å². The predicted molar refractivity (Wildman–Crippen MR) is 61.8 cm³/mol. The van der Waals surface area contributed by atoms with Gasteiger partial charge in [-0.2, -0.15) is 5.10 Å². The molecule has 0 saturated heterocycles. The first kappa shape index (κ1) is 11.6. The summed E-state index contributed by atoms with van der Waals surface area (Å²) in [6.07, 6.45) is 3.56. The molecule has 90 valence electrons. The molecule has 0 aliphatic heterocycles. The van der Waals surface area contributed by atoms with E-state index in [0.717, 1.165) is 5.56 Å². The normalized spacial score (nSPS) is 10.5. The first-order valence-corrected chi connectivity index (χ1v) is 5.28. The molecule has 0 spiro atoms. The Balaban J connectivity index is 2.11. The zero-order valence-electron chi connectivity index (χ0n) is 9.56. The second kappa shape index (κ2) is 4.97. The minimum atomic E-state index is -0.337. The van der Waals surface area contributed by atoms with Crippen LogP contribution in [0.2, 0.25) is 0 Å². The van der Waals surface area contributed by atoms with Crippen LogP contribution in [0.15, 0.2) is 30.6 Å². The molecular weight excluding hydrogens is 221 g/mol. The van der Waals surface area contributed by atoms with Gasteiger partial charge in [0, 0.05) is 30.9 Å². The maximum absolute atomic E-state index is 13.4. The number of benzene rings is 1. The van der Waals surface area contributed by atoms with Crippen molar-refractivity contribution >= 4 is 0 Å². The average molecular weight is 235 g/mol. The molecule has 17 heavy (non-hydrogen) atoms. The lowest BCUT2D eigenvalue weighted by atomic mass is 10.2. The lowest BCUT2D eigenvalue weighted by molar-refractivity contribution is 0.300. The average Bonchev–Trinajstić information content (AvgIpc) is 2.72. The summed E-state index contributed by atoms with van der Waals surface area (Å²) in [5, 5.41) is 4.03. The van der Waals surface area contributed by atoms with Crippen molar-refractivity contribution in [3.63, 3.8) is 0 Å². The van der Waals surface area contributed by atoms with E-state index < -0.39 is 0 Å². The van der Waals surface area contributed by atoms with Crippen LogP contribution >= 0.6 is 0 Å². The molecule has 0 radical (unpaired) electrons. The van der Waals surface area contributed by atoms with E-state index in [2.05, 4.69) is 5.10 Å². The number of nitrogens with zero attached hydrogens (tertiary/aromatic N) is 2. The van der Waals surface area contributed by atoms with E-state index in [-0.39, 0.29) is 12.4 Å². The van der Waals surface area contributed by atoms with Gasteiger partial charge >= 0.3 is 0 Å². The number of aryl methyl sites for hydroxylation is 1. The zero-order chi connectivity index (χ0) is 12.3. The maximum atomic E-state index is 13.4. The molecule has 0 amide bonds. The molecule has 0 atom stereocenters. The Morgan fingerprint density at radius 3 is 2.94 bits per heavy atom. The number of hydrogen-bond donors (Lipinski definition) is 1. The SMILES string of the molecule is Cn1cc(COc2cccc(F)c2CN)cn1. The smallest absolute Gasteiger partial charge is 0.131 e. The number of ether oxygens (including phenoxy) is 1. The van der Waals surface area contributed by atoms with Gasteiger partial charge in [-0.15, -0.1) is 0 Å². The third kappa shape index (κ3) is 2.62. The predicted octanol–water partition coefficient (Wildman–Crippen LogP) is 1.60. The molecule has 0 aliphatic rings. The lowest BCUT2D eigenvalue weighted by Crippen LogP contribution is -2.04. The van der Waals surface area contributed by atoms with Crippen LogP contribution in [0.5, 0.6) is 5.75 Å². The van der Waals surface area contributed by atoms with Crippen LogP contribution in [-0.4, -0.2) is 9.78 Å². The topological polar surface area (TPSA) is 53.1 Å².